The maximum atomic E-state index is 12.2. The number of carbonyl (C=O) groups is 1. The minimum Gasteiger partial charge on any atom is -0.326 e. The summed E-state index contributed by atoms with van der Waals surface area (Å²) in [7, 11) is -3.50. The van der Waals surface area contributed by atoms with Gasteiger partial charge in [0.25, 0.3) is 0 Å². The molecular formula is C17H18ClNO3S. The highest BCUT2D eigenvalue weighted by molar-refractivity contribution is 7.91. The van der Waals surface area contributed by atoms with Gasteiger partial charge in [-0.15, -0.1) is 0 Å². The lowest BCUT2D eigenvalue weighted by Crippen LogP contribution is -2.18. The standard InChI is InChI=1S/C17H18ClNO3S/c1-2-13-5-3-4-6-16(13)19-17(20)11-12-23(21,22)15-9-7-14(18)8-10-15/h3-10H,2,11-12H2,1H3,(H,19,20). The Bertz CT molecular complexity index is 786. The van der Waals surface area contributed by atoms with Crippen LogP contribution in [0, 0.1) is 0 Å². The Labute approximate surface area is 141 Å². The Hall–Kier alpha value is -1.85. The van der Waals surface area contributed by atoms with Crippen molar-refractivity contribution in [3.05, 3.63) is 59.1 Å². The van der Waals surface area contributed by atoms with E-state index in [-0.39, 0.29) is 23.0 Å². The van der Waals surface area contributed by atoms with Crippen LogP contribution in [0.3, 0.4) is 0 Å². The van der Waals surface area contributed by atoms with Gasteiger partial charge in [-0.1, -0.05) is 36.7 Å². The molecule has 6 heteroatoms. The highest BCUT2D eigenvalue weighted by Crippen LogP contribution is 2.18. The molecular weight excluding hydrogens is 334 g/mol. The first-order valence-corrected chi connectivity index (χ1v) is 9.31. The van der Waals surface area contributed by atoms with Crippen molar-refractivity contribution in [1.29, 1.82) is 0 Å². The lowest BCUT2D eigenvalue weighted by molar-refractivity contribution is -0.115. The number of para-hydroxylation sites is 1. The number of nitrogens with one attached hydrogen (secondary N) is 1. The van der Waals surface area contributed by atoms with Crippen molar-refractivity contribution in [3.8, 4) is 0 Å². The predicted molar refractivity (Wildman–Crippen MR) is 92.6 cm³/mol. The van der Waals surface area contributed by atoms with E-state index in [2.05, 4.69) is 5.32 Å². The second-order valence-electron chi connectivity index (χ2n) is 5.08. The van der Waals surface area contributed by atoms with Crippen molar-refractivity contribution in [3.63, 3.8) is 0 Å². The molecule has 4 nitrogen and oxygen atoms in total. The Morgan fingerprint density at radius 3 is 2.39 bits per heavy atom. The fraction of sp³-hybridized carbons (Fsp3) is 0.235. The first-order valence-electron chi connectivity index (χ1n) is 7.28. The van der Waals surface area contributed by atoms with E-state index in [9.17, 15) is 13.2 Å². The lowest BCUT2D eigenvalue weighted by Gasteiger charge is -2.10. The average molecular weight is 352 g/mol. The molecule has 0 saturated heterocycles. The summed E-state index contributed by atoms with van der Waals surface area (Å²) < 4.78 is 24.4. The van der Waals surface area contributed by atoms with Gasteiger partial charge in [-0.05, 0) is 42.3 Å². The first kappa shape index (κ1) is 17.5. The molecule has 1 amide bonds. The molecule has 0 atom stereocenters. The highest BCUT2D eigenvalue weighted by Gasteiger charge is 2.16. The van der Waals surface area contributed by atoms with Gasteiger partial charge >= 0.3 is 0 Å². The Balaban J connectivity index is 2.00. The normalized spacial score (nSPS) is 11.2. The molecule has 2 aromatic carbocycles. The summed E-state index contributed by atoms with van der Waals surface area (Å²) in [6.45, 7) is 2.00. The number of benzene rings is 2. The van der Waals surface area contributed by atoms with Gasteiger partial charge in [0.05, 0.1) is 10.6 Å². The zero-order valence-corrected chi connectivity index (χ0v) is 14.3. The quantitative estimate of drug-likeness (QED) is 0.863. The van der Waals surface area contributed by atoms with E-state index in [0.717, 1.165) is 17.7 Å². The fourth-order valence-electron chi connectivity index (χ4n) is 2.15. The van der Waals surface area contributed by atoms with Crippen LogP contribution in [0.5, 0.6) is 0 Å². The molecule has 23 heavy (non-hydrogen) atoms. The molecule has 0 spiro atoms. The number of hydrogen-bond donors (Lipinski definition) is 1. The van der Waals surface area contributed by atoms with Crippen LogP contribution < -0.4 is 5.32 Å². The zero-order chi connectivity index (χ0) is 16.9. The average Bonchev–Trinajstić information content (AvgIpc) is 2.54. The van der Waals surface area contributed by atoms with Gasteiger partial charge in [-0.2, -0.15) is 0 Å². The van der Waals surface area contributed by atoms with Crippen molar-refractivity contribution in [2.45, 2.75) is 24.7 Å². The molecule has 2 rings (SSSR count). The summed E-state index contributed by atoms with van der Waals surface area (Å²) in [6, 6.07) is 13.4. The van der Waals surface area contributed by atoms with Crippen LogP contribution in [-0.2, 0) is 21.1 Å². The van der Waals surface area contributed by atoms with Gasteiger partial charge in [0, 0.05) is 17.1 Å². The van der Waals surface area contributed by atoms with E-state index in [4.69, 9.17) is 11.6 Å². The maximum Gasteiger partial charge on any atom is 0.225 e. The van der Waals surface area contributed by atoms with E-state index in [0.29, 0.717) is 5.02 Å². The van der Waals surface area contributed by atoms with Crippen LogP contribution in [0.15, 0.2) is 53.4 Å². The molecule has 0 radical (unpaired) electrons. The minimum atomic E-state index is -3.50. The number of amides is 1. The van der Waals surface area contributed by atoms with Crippen molar-refractivity contribution in [1.82, 2.24) is 0 Å². The minimum absolute atomic E-state index is 0.0942. The summed E-state index contributed by atoms with van der Waals surface area (Å²) in [4.78, 5) is 12.2. The number of carbonyl (C=O) groups excluding carboxylic acids is 1. The molecule has 2 aromatic rings. The molecule has 0 aliphatic heterocycles. The third-order valence-electron chi connectivity index (χ3n) is 3.44. The topological polar surface area (TPSA) is 63.2 Å². The SMILES string of the molecule is CCc1ccccc1NC(=O)CCS(=O)(=O)c1ccc(Cl)cc1. The summed E-state index contributed by atoms with van der Waals surface area (Å²) >= 11 is 5.75. The van der Waals surface area contributed by atoms with Crippen LogP contribution in [-0.4, -0.2) is 20.1 Å². The molecule has 0 aromatic heterocycles. The summed E-state index contributed by atoms with van der Waals surface area (Å²) in [5.41, 5.74) is 1.74. The second kappa shape index (κ2) is 7.62. The van der Waals surface area contributed by atoms with Crippen molar-refractivity contribution < 1.29 is 13.2 Å². The molecule has 0 fully saturated rings. The molecule has 0 bridgehead atoms. The molecule has 0 heterocycles. The first-order chi connectivity index (χ1) is 10.9. The highest BCUT2D eigenvalue weighted by atomic mass is 35.5. The van der Waals surface area contributed by atoms with Gasteiger partial charge in [0.15, 0.2) is 9.84 Å². The van der Waals surface area contributed by atoms with Gasteiger partial charge in [0.2, 0.25) is 5.91 Å². The van der Waals surface area contributed by atoms with E-state index in [1.54, 1.807) is 0 Å². The van der Waals surface area contributed by atoms with Crippen molar-refractivity contribution in [2.24, 2.45) is 0 Å². The van der Waals surface area contributed by atoms with E-state index in [1.807, 2.05) is 31.2 Å². The van der Waals surface area contributed by atoms with E-state index in [1.165, 1.54) is 24.3 Å². The fourth-order valence-corrected chi connectivity index (χ4v) is 3.52. The molecule has 122 valence electrons. The third kappa shape index (κ3) is 4.81. The number of rotatable bonds is 6. The number of hydrogen-bond acceptors (Lipinski definition) is 3. The van der Waals surface area contributed by atoms with Crippen LogP contribution in [0.25, 0.3) is 0 Å². The van der Waals surface area contributed by atoms with Crippen molar-refractivity contribution >= 4 is 33.0 Å². The Kier molecular flexibility index (Phi) is 5.80. The predicted octanol–water partition coefficient (Wildman–Crippen LogP) is 3.70. The summed E-state index contributed by atoms with van der Waals surface area (Å²) in [6.07, 6.45) is 0.697. The lowest BCUT2D eigenvalue weighted by atomic mass is 10.1. The van der Waals surface area contributed by atoms with Gasteiger partial charge in [-0.3, -0.25) is 4.79 Å². The molecule has 0 aliphatic rings. The van der Waals surface area contributed by atoms with Gasteiger partial charge < -0.3 is 5.32 Å². The second-order valence-corrected chi connectivity index (χ2v) is 7.63. The molecule has 0 aliphatic carbocycles. The number of aryl methyl sites for hydroxylation is 1. The third-order valence-corrected chi connectivity index (χ3v) is 5.43. The Morgan fingerprint density at radius 1 is 1.09 bits per heavy atom. The molecule has 0 saturated carbocycles. The largest absolute Gasteiger partial charge is 0.326 e. The van der Waals surface area contributed by atoms with Gasteiger partial charge in [-0.25, -0.2) is 8.42 Å². The van der Waals surface area contributed by atoms with Crippen LogP contribution in [0.1, 0.15) is 18.9 Å². The zero-order valence-electron chi connectivity index (χ0n) is 12.8. The van der Waals surface area contributed by atoms with E-state index < -0.39 is 9.84 Å². The summed E-state index contributed by atoms with van der Waals surface area (Å²) in [5.74, 6) is -0.558. The van der Waals surface area contributed by atoms with Crippen LogP contribution in [0.2, 0.25) is 5.02 Å². The number of sulfone groups is 1. The van der Waals surface area contributed by atoms with Crippen LogP contribution >= 0.6 is 11.6 Å². The maximum absolute atomic E-state index is 12.2. The molecule has 1 N–H and O–H groups in total. The Morgan fingerprint density at radius 2 is 1.74 bits per heavy atom. The van der Waals surface area contributed by atoms with Crippen molar-refractivity contribution in [2.75, 3.05) is 11.1 Å². The molecule has 0 unspecified atom stereocenters. The number of halogens is 1. The number of anilines is 1. The smallest absolute Gasteiger partial charge is 0.225 e. The monoisotopic (exact) mass is 351 g/mol. The van der Waals surface area contributed by atoms with Gasteiger partial charge in [0.1, 0.15) is 0 Å². The summed E-state index contributed by atoms with van der Waals surface area (Å²) in [5, 5.41) is 3.24. The van der Waals surface area contributed by atoms with Crippen LogP contribution in [0.4, 0.5) is 5.69 Å². The van der Waals surface area contributed by atoms with E-state index >= 15 is 0 Å².